The number of hydrogen-bond donors (Lipinski definition) is 2. The fourth-order valence-electron chi connectivity index (χ4n) is 5.96. The molecule has 0 spiro atoms. The summed E-state index contributed by atoms with van der Waals surface area (Å²) in [4.78, 5) is 14.4. The van der Waals surface area contributed by atoms with Crippen LogP contribution in [0.3, 0.4) is 0 Å². The summed E-state index contributed by atoms with van der Waals surface area (Å²) in [5.74, 6) is 1.29. The first-order chi connectivity index (χ1) is 15.5. The highest BCUT2D eigenvalue weighted by atomic mass is 16.3. The van der Waals surface area contributed by atoms with Gasteiger partial charge in [-0.3, -0.25) is 4.79 Å². The monoisotopic (exact) mass is 437 g/mol. The number of carbonyl (C=O) groups excluding carboxylic acids is 1. The Morgan fingerprint density at radius 1 is 1.25 bits per heavy atom. The number of benzene rings is 1. The number of amides is 1. The van der Waals surface area contributed by atoms with Crippen molar-refractivity contribution in [3.05, 3.63) is 59.2 Å². The Morgan fingerprint density at radius 2 is 2.06 bits per heavy atom. The maximum Gasteiger partial charge on any atom is 0.222 e. The normalized spacial score (nSPS) is 28.7. The highest BCUT2D eigenvalue weighted by Crippen LogP contribution is 2.48. The third-order valence-corrected chi connectivity index (χ3v) is 7.63. The van der Waals surface area contributed by atoms with Crippen LogP contribution in [0.4, 0.5) is 0 Å². The molecule has 0 unspecified atom stereocenters. The number of aliphatic hydroxyl groups excluding tert-OH is 2. The van der Waals surface area contributed by atoms with E-state index in [0.29, 0.717) is 30.6 Å². The highest BCUT2D eigenvalue weighted by Gasteiger charge is 2.43. The van der Waals surface area contributed by atoms with E-state index in [1.165, 1.54) is 17.6 Å². The van der Waals surface area contributed by atoms with Gasteiger partial charge in [0.1, 0.15) is 0 Å². The van der Waals surface area contributed by atoms with Gasteiger partial charge in [0, 0.05) is 31.8 Å². The molecule has 1 amide bonds. The second-order valence-corrected chi connectivity index (χ2v) is 10.2. The fourth-order valence-corrected chi connectivity index (χ4v) is 5.96. The molecule has 32 heavy (non-hydrogen) atoms. The Bertz CT molecular complexity index is 839. The molecule has 2 fully saturated rings. The summed E-state index contributed by atoms with van der Waals surface area (Å²) in [6, 6.07) is 8.25. The summed E-state index contributed by atoms with van der Waals surface area (Å²) in [6.07, 6.45) is 14.0. The van der Waals surface area contributed by atoms with E-state index >= 15 is 0 Å². The van der Waals surface area contributed by atoms with Crippen molar-refractivity contribution in [3.8, 4) is 0 Å². The van der Waals surface area contributed by atoms with Crippen LogP contribution in [0.2, 0.25) is 0 Å². The molecule has 1 aliphatic heterocycles. The van der Waals surface area contributed by atoms with Crippen LogP contribution in [0.25, 0.3) is 0 Å². The minimum atomic E-state index is -0.530. The molecule has 4 nitrogen and oxygen atoms in total. The Morgan fingerprint density at radius 3 is 2.84 bits per heavy atom. The number of aliphatic hydroxyl groups is 2. The van der Waals surface area contributed by atoms with Gasteiger partial charge in [-0.05, 0) is 69.3 Å². The molecule has 4 heteroatoms. The minimum Gasteiger partial charge on any atom is -0.392 e. The predicted octanol–water partition coefficient (Wildman–Crippen LogP) is 4.58. The highest BCUT2D eigenvalue weighted by molar-refractivity contribution is 5.76. The zero-order chi connectivity index (χ0) is 22.5. The predicted molar refractivity (Wildman–Crippen MR) is 128 cm³/mol. The van der Waals surface area contributed by atoms with E-state index in [-0.39, 0.29) is 12.0 Å². The Hall–Kier alpha value is -1.91. The number of allylic oxidation sites excluding steroid dienone is 2. The molecule has 1 saturated heterocycles. The van der Waals surface area contributed by atoms with Crippen molar-refractivity contribution in [1.82, 2.24) is 4.90 Å². The van der Waals surface area contributed by atoms with Gasteiger partial charge in [0.2, 0.25) is 5.91 Å². The van der Waals surface area contributed by atoms with E-state index in [0.717, 1.165) is 57.2 Å². The Balaban J connectivity index is 1.24. The fraction of sp³-hybridized carbons (Fsp3) is 0.607. The second kappa shape index (κ2) is 10.8. The van der Waals surface area contributed by atoms with E-state index in [2.05, 4.69) is 31.2 Å². The molecule has 2 aliphatic carbocycles. The standard InChI is InChI=1S/C28H39NO3/c1-20-7-5-8-21(15-20)17-24(30)11-12-25-26-18-22(16-23(26)19-27(25)31)9-6-10-28(32)29-13-3-2-4-14-29/h5,7-8,11-12,15-16,23-27,30-31H,2-4,6,9-10,13-14,17-19H2,1H3/b12-11+/t23-,24+,25+,26-,27+/m0/s1. The number of aryl methyl sites for hydroxylation is 1. The number of fused-ring (bicyclic) bond motifs is 1. The third-order valence-electron chi connectivity index (χ3n) is 7.63. The summed E-state index contributed by atoms with van der Waals surface area (Å²) >= 11 is 0. The lowest BCUT2D eigenvalue weighted by Crippen LogP contribution is -2.35. The molecule has 1 heterocycles. The van der Waals surface area contributed by atoms with Crippen LogP contribution in [0.1, 0.15) is 62.5 Å². The zero-order valence-corrected chi connectivity index (χ0v) is 19.5. The van der Waals surface area contributed by atoms with Gasteiger partial charge in [-0.25, -0.2) is 0 Å². The lowest BCUT2D eigenvalue weighted by atomic mass is 9.88. The molecule has 5 atom stereocenters. The van der Waals surface area contributed by atoms with Crippen molar-refractivity contribution < 1.29 is 15.0 Å². The number of nitrogens with zero attached hydrogens (tertiary/aromatic N) is 1. The SMILES string of the molecule is Cc1cccc(C[C@H](O)/C=C/[C@@H]2[C@H]3CC(CCCC(=O)N4CCCCC4)=C[C@H]3C[C@H]2O)c1. The van der Waals surface area contributed by atoms with Gasteiger partial charge in [0.25, 0.3) is 0 Å². The average Bonchev–Trinajstić information content (AvgIpc) is 3.29. The maximum absolute atomic E-state index is 12.4. The third kappa shape index (κ3) is 5.90. The Labute approximate surface area is 193 Å². The van der Waals surface area contributed by atoms with Crippen LogP contribution in [0.5, 0.6) is 0 Å². The van der Waals surface area contributed by atoms with Crippen LogP contribution in [0.15, 0.2) is 48.1 Å². The first-order valence-corrected chi connectivity index (χ1v) is 12.6. The molecular formula is C28H39NO3. The van der Waals surface area contributed by atoms with Gasteiger partial charge in [0.05, 0.1) is 12.2 Å². The average molecular weight is 438 g/mol. The minimum absolute atomic E-state index is 0.107. The Kier molecular flexibility index (Phi) is 7.85. The van der Waals surface area contributed by atoms with Gasteiger partial charge >= 0.3 is 0 Å². The molecule has 3 aliphatic rings. The summed E-state index contributed by atoms with van der Waals surface area (Å²) in [7, 11) is 0. The van der Waals surface area contributed by atoms with Crippen LogP contribution >= 0.6 is 0 Å². The molecule has 1 aromatic carbocycles. The van der Waals surface area contributed by atoms with Crippen LogP contribution in [-0.4, -0.2) is 46.3 Å². The van der Waals surface area contributed by atoms with Crippen molar-refractivity contribution in [2.45, 2.75) is 76.9 Å². The molecule has 174 valence electrons. The number of carbonyl (C=O) groups is 1. The van der Waals surface area contributed by atoms with E-state index in [9.17, 15) is 15.0 Å². The zero-order valence-electron chi connectivity index (χ0n) is 19.5. The van der Waals surface area contributed by atoms with Gasteiger partial charge in [-0.1, -0.05) is 53.6 Å². The summed E-state index contributed by atoms with van der Waals surface area (Å²) in [6.45, 7) is 3.94. The first-order valence-electron chi connectivity index (χ1n) is 12.6. The molecule has 0 aromatic heterocycles. The molecular weight excluding hydrogens is 398 g/mol. The number of rotatable bonds is 8. The summed E-state index contributed by atoms with van der Waals surface area (Å²) in [5, 5.41) is 21.1. The molecule has 2 N–H and O–H groups in total. The number of piperidine rings is 1. The molecule has 0 radical (unpaired) electrons. The molecule has 4 rings (SSSR count). The summed E-state index contributed by atoms with van der Waals surface area (Å²) in [5.41, 5.74) is 3.79. The van der Waals surface area contributed by atoms with Crippen molar-refractivity contribution in [1.29, 1.82) is 0 Å². The molecule has 1 saturated carbocycles. The van der Waals surface area contributed by atoms with Crippen molar-refractivity contribution in [3.63, 3.8) is 0 Å². The van der Waals surface area contributed by atoms with E-state index in [4.69, 9.17) is 0 Å². The number of likely N-dealkylation sites (tertiary alicyclic amines) is 1. The second-order valence-electron chi connectivity index (χ2n) is 10.2. The lowest BCUT2D eigenvalue weighted by molar-refractivity contribution is -0.132. The van der Waals surface area contributed by atoms with Crippen molar-refractivity contribution in [2.75, 3.05) is 13.1 Å². The van der Waals surface area contributed by atoms with Crippen LogP contribution in [-0.2, 0) is 11.2 Å². The van der Waals surface area contributed by atoms with Crippen LogP contribution < -0.4 is 0 Å². The van der Waals surface area contributed by atoms with Crippen LogP contribution in [0, 0.1) is 24.7 Å². The van der Waals surface area contributed by atoms with Gasteiger partial charge in [-0.15, -0.1) is 0 Å². The quantitative estimate of drug-likeness (QED) is 0.585. The van der Waals surface area contributed by atoms with E-state index in [1.54, 1.807) is 0 Å². The van der Waals surface area contributed by atoms with Gasteiger partial charge in [0.15, 0.2) is 0 Å². The maximum atomic E-state index is 12.4. The van der Waals surface area contributed by atoms with Gasteiger partial charge in [-0.2, -0.15) is 0 Å². The first kappa shape index (κ1) is 23.3. The van der Waals surface area contributed by atoms with E-state index in [1.807, 2.05) is 23.1 Å². The van der Waals surface area contributed by atoms with Crippen molar-refractivity contribution >= 4 is 5.91 Å². The van der Waals surface area contributed by atoms with Gasteiger partial charge < -0.3 is 15.1 Å². The van der Waals surface area contributed by atoms with E-state index < -0.39 is 6.10 Å². The molecule has 1 aromatic rings. The lowest BCUT2D eigenvalue weighted by Gasteiger charge is -2.26. The largest absolute Gasteiger partial charge is 0.392 e. The number of hydrogen-bond acceptors (Lipinski definition) is 3. The van der Waals surface area contributed by atoms with Crippen molar-refractivity contribution in [2.24, 2.45) is 17.8 Å². The molecule has 0 bridgehead atoms. The summed E-state index contributed by atoms with van der Waals surface area (Å²) < 4.78 is 0. The smallest absolute Gasteiger partial charge is 0.222 e. The topological polar surface area (TPSA) is 60.8 Å².